The van der Waals surface area contributed by atoms with Crippen molar-refractivity contribution < 1.29 is 9.53 Å². The van der Waals surface area contributed by atoms with Crippen molar-refractivity contribution in [2.75, 3.05) is 19.8 Å². The van der Waals surface area contributed by atoms with E-state index in [1.807, 2.05) is 18.2 Å². The second-order valence-electron chi connectivity index (χ2n) is 4.06. The number of benzene rings is 1. The van der Waals surface area contributed by atoms with E-state index in [0.29, 0.717) is 18.0 Å². The van der Waals surface area contributed by atoms with Crippen molar-refractivity contribution in [1.29, 1.82) is 0 Å². The molecule has 1 heterocycles. The van der Waals surface area contributed by atoms with Crippen molar-refractivity contribution in [3.8, 4) is 0 Å². The van der Waals surface area contributed by atoms with Crippen LogP contribution < -0.4 is 5.32 Å². The van der Waals surface area contributed by atoms with Gasteiger partial charge in [0.25, 0.3) is 5.91 Å². The molecule has 1 atom stereocenters. The average molecular weight is 410 g/mol. The van der Waals surface area contributed by atoms with Crippen molar-refractivity contribution in [3.63, 3.8) is 0 Å². The Hall–Kier alpha value is -0.140. The minimum atomic E-state index is -0.0257. The number of nitrogens with one attached hydrogen (secondary N) is 1. The molecule has 5 heteroatoms. The third kappa shape index (κ3) is 3.66. The van der Waals surface area contributed by atoms with Gasteiger partial charge in [0.2, 0.25) is 0 Å². The second kappa shape index (κ2) is 6.15. The molecule has 0 radical (unpaired) electrons. The Labute approximate surface area is 123 Å². The van der Waals surface area contributed by atoms with E-state index >= 15 is 0 Å². The molecule has 1 saturated heterocycles. The van der Waals surface area contributed by atoms with Gasteiger partial charge in [-0.3, -0.25) is 4.79 Å². The highest BCUT2D eigenvalue weighted by atomic mass is 127. The van der Waals surface area contributed by atoms with Crippen LogP contribution in [-0.4, -0.2) is 25.7 Å². The molecule has 3 nitrogen and oxygen atoms in total. The van der Waals surface area contributed by atoms with Crippen LogP contribution in [0, 0.1) is 9.49 Å². The molecule has 1 aliphatic rings. The van der Waals surface area contributed by atoms with Crippen LogP contribution in [0.15, 0.2) is 22.7 Å². The number of rotatable bonds is 3. The van der Waals surface area contributed by atoms with Gasteiger partial charge in [0.05, 0.1) is 12.2 Å². The minimum Gasteiger partial charge on any atom is -0.381 e. The van der Waals surface area contributed by atoms with Gasteiger partial charge in [0.15, 0.2) is 0 Å². The highest BCUT2D eigenvalue weighted by Gasteiger charge is 2.17. The second-order valence-corrected chi connectivity index (χ2v) is 6.16. The molecule has 1 unspecified atom stereocenters. The Bertz CT molecular complexity index is 419. The SMILES string of the molecule is O=C(NCC1CCOC1)c1cc(I)ccc1Br. The van der Waals surface area contributed by atoms with E-state index in [-0.39, 0.29) is 5.91 Å². The largest absolute Gasteiger partial charge is 0.381 e. The van der Waals surface area contributed by atoms with Gasteiger partial charge in [-0.2, -0.15) is 0 Å². The number of hydrogen-bond acceptors (Lipinski definition) is 2. The quantitative estimate of drug-likeness (QED) is 0.779. The fraction of sp³-hybridized carbons (Fsp3) is 0.417. The number of hydrogen-bond donors (Lipinski definition) is 1. The zero-order valence-electron chi connectivity index (χ0n) is 9.21. The zero-order valence-corrected chi connectivity index (χ0v) is 13.0. The Morgan fingerprint density at radius 2 is 2.41 bits per heavy atom. The van der Waals surface area contributed by atoms with Gasteiger partial charge in [-0.1, -0.05) is 0 Å². The average Bonchev–Trinajstić information content (AvgIpc) is 2.82. The van der Waals surface area contributed by atoms with Crippen LogP contribution in [-0.2, 0) is 4.74 Å². The summed E-state index contributed by atoms with van der Waals surface area (Å²) in [4.78, 5) is 12.0. The van der Waals surface area contributed by atoms with Crippen molar-refractivity contribution >= 4 is 44.4 Å². The van der Waals surface area contributed by atoms with Crippen LogP contribution in [0.5, 0.6) is 0 Å². The fourth-order valence-electron chi connectivity index (χ4n) is 1.75. The van der Waals surface area contributed by atoms with Crippen LogP contribution >= 0.6 is 38.5 Å². The first-order chi connectivity index (χ1) is 8.16. The van der Waals surface area contributed by atoms with Crippen LogP contribution in [0.1, 0.15) is 16.8 Å². The molecule has 1 amide bonds. The number of halogens is 2. The zero-order chi connectivity index (χ0) is 12.3. The van der Waals surface area contributed by atoms with Crippen LogP contribution in [0.25, 0.3) is 0 Å². The lowest BCUT2D eigenvalue weighted by Crippen LogP contribution is -2.29. The maximum Gasteiger partial charge on any atom is 0.252 e. The molecule has 2 rings (SSSR count). The maximum atomic E-state index is 12.0. The summed E-state index contributed by atoms with van der Waals surface area (Å²) < 4.78 is 7.16. The molecule has 0 bridgehead atoms. The van der Waals surface area contributed by atoms with Crippen LogP contribution in [0.4, 0.5) is 0 Å². The van der Waals surface area contributed by atoms with E-state index in [4.69, 9.17) is 4.74 Å². The predicted octanol–water partition coefficient (Wildman–Crippen LogP) is 2.82. The molecular formula is C12H13BrINO2. The number of carbonyl (C=O) groups excluding carboxylic acids is 1. The van der Waals surface area contributed by atoms with Crippen LogP contribution in [0.3, 0.4) is 0 Å². The van der Waals surface area contributed by atoms with Crippen molar-refractivity contribution in [2.45, 2.75) is 6.42 Å². The Morgan fingerprint density at radius 3 is 3.12 bits per heavy atom. The monoisotopic (exact) mass is 409 g/mol. The summed E-state index contributed by atoms with van der Waals surface area (Å²) in [5, 5.41) is 2.96. The third-order valence-corrected chi connectivity index (χ3v) is 4.11. The van der Waals surface area contributed by atoms with Gasteiger partial charge in [-0.25, -0.2) is 0 Å². The van der Waals surface area contributed by atoms with Gasteiger partial charge in [0.1, 0.15) is 0 Å². The summed E-state index contributed by atoms with van der Waals surface area (Å²) >= 11 is 5.60. The standard InChI is InChI=1S/C12H13BrINO2/c13-11-2-1-9(14)5-10(11)12(16)15-6-8-3-4-17-7-8/h1-2,5,8H,3-4,6-7H2,(H,15,16). The lowest BCUT2D eigenvalue weighted by molar-refractivity contribution is 0.0944. The molecule has 0 spiro atoms. The molecular weight excluding hydrogens is 397 g/mol. The Morgan fingerprint density at radius 1 is 1.59 bits per heavy atom. The van der Waals surface area contributed by atoms with Crippen molar-refractivity contribution in [2.24, 2.45) is 5.92 Å². The van der Waals surface area contributed by atoms with E-state index < -0.39 is 0 Å². The highest BCUT2D eigenvalue weighted by Crippen LogP contribution is 2.19. The first kappa shape index (κ1) is 13.3. The molecule has 0 aliphatic carbocycles. The molecule has 1 N–H and O–H groups in total. The van der Waals surface area contributed by atoms with Gasteiger partial charge in [-0.05, 0) is 63.1 Å². The maximum absolute atomic E-state index is 12.0. The Balaban J connectivity index is 1.96. The number of amides is 1. The lowest BCUT2D eigenvalue weighted by atomic mass is 10.1. The number of carbonyl (C=O) groups is 1. The van der Waals surface area contributed by atoms with Gasteiger partial charge in [0, 0.05) is 27.1 Å². The minimum absolute atomic E-state index is 0.0257. The van der Waals surface area contributed by atoms with E-state index in [9.17, 15) is 4.79 Å². The normalized spacial score (nSPS) is 19.3. The summed E-state index contributed by atoms with van der Waals surface area (Å²) in [6.07, 6.45) is 1.04. The predicted molar refractivity (Wildman–Crippen MR) is 78.1 cm³/mol. The van der Waals surface area contributed by atoms with Crippen molar-refractivity contribution in [3.05, 3.63) is 31.8 Å². The topological polar surface area (TPSA) is 38.3 Å². The molecule has 17 heavy (non-hydrogen) atoms. The van der Waals surface area contributed by atoms with E-state index in [0.717, 1.165) is 27.7 Å². The molecule has 92 valence electrons. The highest BCUT2D eigenvalue weighted by molar-refractivity contribution is 14.1. The van der Waals surface area contributed by atoms with Gasteiger partial charge < -0.3 is 10.1 Å². The molecule has 0 saturated carbocycles. The fourth-order valence-corrected chi connectivity index (χ4v) is 2.67. The summed E-state index contributed by atoms with van der Waals surface area (Å²) in [5.41, 5.74) is 0.691. The van der Waals surface area contributed by atoms with E-state index in [1.54, 1.807) is 0 Å². The lowest BCUT2D eigenvalue weighted by Gasteiger charge is -2.10. The summed E-state index contributed by atoms with van der Waals surface area (Å²) in [7, 11) is 0. The van der Waals surface area contributed by atoms with Crippen molar-refractivity contribution in [1.82, 2.24) is 5.32 Å². The molecule has 1 aromatic carbocycles. The van der Waals surface area contributed by atoms with Gasteiger partial charge in [-0.15, -0.1) is 0 Å². The molecule has 1 aliphatic heterocycles. The summed E-state index contributed by atoms with van der Waals surface area (Å²) in [6, 6.07) is 5.74. The summed E-state index contributed by atoms with van der Waals surface area (Å²) in [6.45, 7) is 2.26. The van der Waals surface area contributed by atoms with Gasteiger partial charge >= 0.3 is 0 Å². The first-order valence-corrected chi connectivity index (χ1v) is 7.35. The smallest absolute Gasteiger partial charge is 0.252 e. The van der Waals surface area contributed by atoms with E-state index in [2.05, 4.69) is 43.8 Å². The van der Waals surface area contributed by atoms with Crippen LogP contribution in [0.2, 0.25) is 0 Å². The number of ether oxygens (including phenoxy) is 1. The third-order valence-electron chi connectivity index (χ3n) is 2.75. The molecule has 0 aromatic heterocycles. The Kier molecular flexibility index (Phi) is 4.81. The van der Waals surface area contributed by atoms with E-state index in [1.165, 1.54) is 0 Å². The molecule has 1 fully saturated rings. The summed E-state index contributed by atoms with van der Waals surface area (Å²) in [5.74, 6) is 0.433. The molecule has 1 aromatic rings. The first-order valence-electron chi connectivity index (χ1n) is 5.48.